The Hall–Kier alpha value is -1.62. The predicted molar refractivity (Wildman–Crippen MR) is 76.9 cm³/mol. The molecular weight excluding hydrogens is 257 g/mol. The summed E-state index contributed by atoms with van der Waals surface area (Å²) in [6.45, 7) is 4.31. The number of carbonyl (C=O) groups excluding carboxylic acids is 1. The van der Waals surface area contributed by atoms with Crippen LogP contribution in [0, 0.1) is 5.82 Å². The maximum Gasteiger partial charge on any atom is 0.314 e. The number of urea groups is 1. The van der Waals surface area contributed by atoms with Gasteiger partial charge in [0.05, 0.1) is 0 Å². The molecule has 0 radical (unpaired) electrons. The Balaban J connectivity index is 1.60. The van der Waals surface area contributed by atoms with E-state index >= 15 is 0 Å². The van der Waals surface area contributed by atoms with Gasteiger partial charge in [0.25, 0.3) is 0 Å². The van der Waals surface area contributed by atoms with Crippen LogP contribution in [0.2, 0.25) is 0 Å². The zero-order valence-electron chi connectivity index (χ0n) is 11.7. The fourth-order valence-corrected chi connectivity index (χ4v) is 2.51. The number of amides is 2. The van der Waals surface area contributed by atoms with Gasteiger partial charge in [0.15, 0.2) is 0 Å². The Kier molecular flexibility index (Phi) is 5.35. The third kappa shape index (κ3) is 4.49. The van der Waals surface area contributed by atoms with E-state index < -0.39 is 0 Å². The van der Waals surface area contributed by atoms with Crippen LogP contribution >= 0.6 is 0 Å². The van der Waals surface area contributed by atoms with Crippen LogP contribution in [0.5, 0.6) is 0 Å². The highest BCUT2D eigenvalue weighted by Crippen LogP contribution is 2.08. The van der Waals surface area contributed by atoms with Crippen LogP contribution in [0.3, 0.4) is 0 Å². The molecule has 0 bridgehead atoms. The van der Waals surface area contributed by atoms with Gasteiger partial charge in [-0.25, -0.2) is 9.18 Å². The number of hydrogen-bond donors (Lipinski definition) is 1. The van der Waals surface area contributed by atoms with Gasteiger partial charge in [-0.3, -0.25) is 4.90 Å². The average Bonchev–Trinajstić information content (AvgIpc) is 2.46. The Morgan fingerprint density at radius 1 is 1.10 bits per heavy atom. The lowest BCUT2D eigenvalue weighted by Crippen LogP contribution is -2.50. The molecule has 110 valence electrons. The Morgan fingerprint density at radius 2 is 1.75 bits per heavy atom. The van der Waals surface area contributed by atoms with Gasteiger partial charge in [-0.2, -0.15) is 0 Å². The van der Waals surface area contributed by atoms with E-state index in [1.54, 1.807) is 4.90 Å². The minimum Gasteiger partial charge on any atom is -0.351 e. The average molecular weight is 279 g/mol. The number of nitrogens with zero attached hydrogens (tertiary/aromatic N) is 2. The Bertz CT molecular complexity index is 427. The van der Waals surface area contributed by atoms with E-state index in [-0.39, 0.29) is 11.8 Å². The van der Waals surface area contributed by atoms with E-state index in [0.29, 0.717) is 0 Å². The molecule has 1 saturated heterocycles. The second-order valence-electron chi connectivity index (χ2n) is 5.25. The van der Waals surface area contributed by atoms with E-state index in [9.17, 15) is 9.18 Å². The van der Waals surface area contributed by atoms with Crippen LogP contribution < -0.4 is 5.73 Å². The van der Waals surface area contributed by atoms with Crippen molar-refractivity contribution in [3.63, 3.8) is 0 Å². The number of rotatable bonds is 5. The number of aryl methyl sites for hydroxylation is 1. The number of benzene rings is 1. The molecule has 0 aromatic heterocycles. The summed E-state index contributed by atoms with van der Waals surface area (Å²) in [5.41, 5.74) is 6.44. The fraction of sp³-hybridized carbons (Fsp3) is 0.533. The zero-order chi connectivity index (χ0) is 14.4. The molecule has 0 saturated carbocycles. The third-order valence-corrected chi connectivity index (χ3v) is 3.79. The third-order valence-electron chi connectivity index (χ3n) is 3.79. The highest BCUT2D eigenvalue weighted by molar-refractivity contribution is 5.72. The molecule has 5 heteroatoms. The maximum absolute atomic E-state index is 12.8. The number of unbranched alkanes of at least 4 members (excludes halogenated alkanes) is 1. The molecule has 0 aliphatic carbocycles. The first-order chi connectivity index (χ1) is 9.65. The van der Waals surface area contributed by atoms with Crippen molar-refractivity contribution in [3.05, 3.63) is 35.6 Å². The number of halogens is 1. The molecule has 2 amide bonds. The molecule has 2 N–H and O–H groups in total. The summed E-state index contributed by atoms with van der Waals surface area (Å²) >= 11 is 0. The summed E-state index contributed by atoms with van der Waals surface area (Å²) in [7, 11) is 0. The zero-order valence-corrected chi connectivity index (χ0v) is 11.7. The number of piperazine rings is 1. The fourth-order valence-electron chi connectivity index (χ4n) is 2.51. The van der Waals surface area contributed by atoms with Crippen molar-refractivity contribution in [2.45, 2.75) is 19.3 Å². The van der Waals surface area contributed by atoms with Crippen LogP contribution in [0.25, 0.3) is 0 Å². The van der Waals surface area contributed by atoms with Gasteiger partial charge >= 0.3 is 6.03 Å². The van der Waals surface area contributed by atoms with E-state index in [0.717, 1.165) is 52.0 Å². The van der Waals surface area contributed by atoms with E-state index in [1.807, 2.05) is 12.1 Å². The lowest BCUT2D eigenvalue weighted by molar-refractivity contribution is 0.143. The van der Waals surface area contributed by atoms with Crippen molar-refractivity contribution in [2.24, 2.45) is 5.73 Å². The highest BCUT2D eigenvalue weighted by atomic mass is 19.1. The van der Waals surface area contributed by atoms with Gasteiger partial charge in [0.2, 0.25) is 0 Å². The number of primary amides is 1. The molecule has 20 heavy (non-hydrogen) atoms. The van der Waals surface area contributed by atoms with Crippen molar-refractivity contribution in [3.8, 4) is 0 Å². The predicted octanol–water partition coefficient (Wildman–Crippen LogP) is 1.84. The summed E-state index contributed by atoms with van der Waals surface area (Å²) in [4.78, 5) is 15.1. The first-order valence-electron chi connectivity index (χ1n) is 7.16. The first kappa shape index (κ1) is 14.8. The number of carbonyl (C=O) groups is 1. The van der Waals surface area contributed by atoms with Gasteiger partial charge in [0.1, 0.15) is 5.82 Å². The largest absolute Gasteiger partial charge is 0.351 e. The van der Waals surface area contributed by atoms with Gasteiger partial charge < -0.3 is 10.6 Å². The standard InChI is InChI=1S/C15H22FN3O/c16-14-6-4-13(5-7-14)3-1-2-8-18-9-11-19(12-10-18)15(17)20/h4-7H,1-3,8-12H2,(H2,17,20). The second kappa shape index (κ2) is 7.24. The number of nitrogens with two attached hydrogens (primary N) is 1. The minimum absolute atomic E-state index is 0.180. The van der Waals surface area contributed by atoms with Crippen molar-refractivity contribution in [2.75, 3.05) is 32.7 Å². The lowest BCUT2D eigenvalue weighted by Gasteiger charge is -2.33. The molecule has 1 heterocycles. The molecule has 4 nitrogen and oxygen atoms in total. The van der Waals surface area contributed by atoms with Crippen LogP contribution in [-0.4, -0.2) is 48.6 Å². The van der Waals surface area contributed by atoms with Crippen LogP contribution in [0.1, 0.15) is 18.4 Å². The molecule has 0 atom stereocenters. The molecule has 0 spiro atoms. The van der Waals surface area contributed by atoms with Gasteiger partial charge in [0, 0.05) is 26.2 Å². The minimum atomic E-state index is -0.319. The summed E-state index contributed by atoms with van der Waals surface area (Å²) in [6.07, 6.45) is 3.21. The molecule has 1 aliphatic heterocycles. The van der Waals surface area contributed by atoms with Crippen molar-refractivity contribution in [1.82, 2.24) is 9.80 Å². The van der Waals surface area contributed by atoms with Crippen molar-refractivity contribution < 1.29 is 9.18 Å². The van der Waals surface area contributed by atoms with Gasteiger partial charge in [-0.1, -0.05) is 12.1 Å². The van der Waals surface area contributed by atoms with Crippen LogP contribution in [0.4, 0.5) is 9.18 Å². The molecule has 1 aromatic rings. The smallest absolute Gasteiger partial charge is 0.314 e. The number of hydrogen-bond acceptors (Lipinski definition) is 2. The Morgan fingerprint density at radius 3 is 2.35 bits per heavy atom. The molecule has 1 fully saturated rings. The molecule has 2 rings (SSSR count). The maximum atomic E-state index is 12.8. The van der Waals surface area contributed by atoms with Gasteiger partial charge in [-0.05, 0) is 43.5 Å². The van der Waals surface area contributed by atoms with Gasteiger partial charge in [-0.15, -0.1) is 0 Å². The quantitative estimate of drug-likeness (QED) is 0.836. The monoisotopic (exact) mass is 279 g/mol. The lowest BCUT2D eigenvalue weighted by atomic mass is 10.1. The van der Waals surface area contributed by atoms with Crippen molar-refractivity contribution in [1.29, 1.82) is 0 Å². The van der Waals surface area contributed by atoms with E-state index in [1.165, 1.54) is 17.7 Å². The summed E-state index contributed by atoms with van der Waals surface area (Å²) < 4.78 is 12.8. The topological polar surface area (TPSA) is 49.6 Å². The summed E-state index contributed by atoms with van der Waals surface area (Å²) in [5, 5.41) is 0. The van der Waals surface area contributed by atoms with Crippen LogP contribution in [0.15, 0.2) is 24.3 Å². The van der Waals surface area contributed by atoms with E-state index in [2.05, 4.69) is 4.90 Å². The molecule has 1 aliphatic rings. The Labute approximate surface area is 119 Å². The second-order valence-corrected chi connectivity index (χ2v) is 5.25. The molecular formula is C15H22FN3O. The van der Waals surface area contributed by atoms with Crippen molar-refractivity contribution >= 4 is 6.03 Å². The summed E-state index contributed by atoms with van der Waals surface area (Å²) in [6, 6.07) is 6.40. The van der Waals surface area contributed by atoms with Crippen LogP contribution in [-0.2, 0) is 6.42 Å². The van der Waals surface area contributed by atoms with E-state index in [4.69, 9.17) is 5.73 Å². The molecule has 0 unspecified atom stereocenters. The highest BCUT2D eigenvalue weighted by Gasteiger charge is 2.18. The summed E-state index contributed by atoms with van der Waals surface area (Å²) in [5.74, 6) is -0.180. The normalized spacial score (nSPS) is 16.4. The SMILES string of the molecule is NC(=O)N1CCN(CCCCc2ccc(F)cc2)CC1. The molecule has 1 aromatic carbocycles. The first-order valence-corrected chi connectivity index (χ1v) is 7.16.